The van der Waals surface area contributed by atoms with E-state index in [1.807, 2.05) is 11.9 Å². The van der Waals surface area contributed by atoms with Crippen LogP contribution in [-0.4, -0.2) is 28.4 Å². The van der Waals surface area contributed by atoms with Crippen LogP contribution in [0, 0.1) is 13.8 Å². The molecule has 5 heteroatoms. The summed E-state index contributed by atoms with van der Waals surface area (Å²) in [4.78, 5) is 10.5. The lowest BCUT2D eigenvalue weighted by Crippen LogP contribution is -2.37. The average molecular weight is 265 g/mol. The van der Waals surface area contributed by atoms with E-state index in [4.69, 9.17) is 0 Å². The van der Waals surface area contributed by atoms with Gasteiger partial charge in [0.25, 0.3) is 0 Å². The van der Waals surface area contributed by atoms with Gasteiger partial charge in [0, 0.05) is 12.6 Å². The molecule has 0 unspecified atom stereocenters. The zero-order valence-corrected chi connectivity index (χ0v) is 11.8. The van der Waals surface area contributed by atoms with E-state index in [9.17, 15) is 0 Å². The summed E-state index contributed by atoms with van der Waals surface area (Å²) in [6, 6.07) is 6.31. The Labute approximate surface area is 112 Å². The molecular weight excluding hydrogens is 250 g/mol. The zero-order chi connectivity index (χ0) is 12.6. The summed E-state index contributed by atoms with van der Waals surface area (Å²) in [6.45, 7) is 4.14. The lowest BCUT2D eigenvalue weighted by Gasteiger charge is -2.28. The largest absolute Gasteiger partial charge is 0.329 e. The van der Waals surface area contributed by atoms with Gasteiger partial charge in [0.05, 0.1) is 0 Å². The molecule has 0 saturated heterocycles. The molecule has 1 aromatic rings. The molecular formula is C12H15N3S2. The van der Waals surface area contributed by atoms with Crippen molar-refractivity contribution in [3.8, 4) is 0 Å². The van der Waals surface area contributed by atoms with Crippen LogP contribution in [0.1, 0.15) is 16.7 Å². The molecule has 1 heterocycles. The van der Waals surface area contributed by atoms with Crippen molar-refractivity contribution >= 4 is 36.3 Å². The number of aryl methyl sites for hydroxylation is 2. The highest BCUT2D eigenvalue weighted by molar-refractivity contribution is 7.97. The third-order valence-electron chi connectivity index (χ3n) is 2.75. The fraction of sp³-hybridized carbons (Fsp3) is 0.333. The molecule has 1 aromatic carbocycles. The maximum atomic E-state index is 4.39. The van der Waals surface area contributed by atoms with Crippen LogP contribution in [0.3, 0.4) is 0 Å². The van der Waals surface area contributed by atoms with Crippen molar-refractivity contribution in [2.24, 2.45) is 9.98 Å². The topological polar surface area (TPSA) is 28.0 Å². The van der Waals surface area contributed by atoms with Crippen molar-refractivity contribution in [1.29, 1.82) is 0 Å². The molecule has 2 rings (SSSR count). The summed E-state index contributed by atoms with van der Waals surface area (Å²) in [6.07, 6.45) is 0. The van der Waals surface area contributed by atoms with E-state index in [0.29, 0.717) is 5.17 Å². The van der Waals surface area contributed by atoms with Crippen LogP contribution in [0.4, 0.5) is 0 Å². The second-order valence-electron chi connectivity index (χ2n) is 4.14. The highest BCUT2D eigenvalue weighted by Gasteiger charge is 2.21. The van der Waals surface area contributed by atoms with Crippen molar-refractivity contribution in [2.45, 2.75) is 19.3 Å². The molecule has 0 radical (unpaired) electrons. The molecule has 0 amide bonds. The first kappa shape index (κ1) is 12.5. The number of hydrogen-bond acceptors (Lipinski definition) is 4. The Hall–Kier alpha value is -0.940. The monoisotopic (exact) mass is 265 g/mol. The molecule has 90 valence electrons. The molecule has 1 aliphatic rings. The summed E-state index contributed by atoms with van der Waals surface area (Å²) < 4.78 is 0. The van der Waals surface area contributed by atoms with Gasteiger partial charge in [-0.1, -0.05) is 17.7 Å². The smallest absolute Gasteiger partial charge is 0.184 e. The number of hydrogen-bond donors (Lipinski definition) is 2. The molecule has 0 bridgehead atoms. The number of amidine groups is 2. The standard InChI is InChI=1S/C12H15N3S2/c1-7-4-5-8(2)9(6-7)10-13-11(16)14-12(17)15(10)3/h4-6,12,17H,1-3H3,(H,14,16)/t12-/m0/s1. The van der Waals surface area contributed by atoms with Crippen molar-refractivity contribution in [3.05, 3.63) is 34.9 Å². The fourth-order valence-corrected chi connectivity index (χ4v) is 2.24. The minimum Gasteiger partial charge on any atom is -0.329 e. The maximum absolute atomic E-state index is 4.39. The highest BCUT2D eigenvalue weighted by Crippen LogP contribution is 2.20. The Balaban J connectivity index is 2.52. The van der Waals surface area contributed by atoms with E-state index >= 15 is 0 Å². The quantitative estimate of drug-likeness (QED) is 0.750. The highest BCUT2D eigenvalue weighted by atomic mass is 32.1. The Kier molecular flexibility index (Phi) is 3.49. The molecule has 0 aromatic heterocycles. The summed E-state index contributed by atoms with van der Waals surface area (Å²) in [5.74, 6) is 0.867. The molecule has 0 saturated carbocycles. The molecule has 1 atom stereocenters. The van der Waals surface area contributed by atoms with Gasteiger partial charge in [0.15, 0.2) is 10.7 Å². The summed E-state index contributed by atoms with van der Waals surface area (Å²) in [5.41, 5.74) is 3.27. The van der Waals surface area contributed by atoms with E-state index < -0.39 is 0 Å². The predicted molar refractivity (Wildman–Crippen MR) is 79.4 cm³/mol. The second-order valence-corrected chi connectivity index (χ2v) is 5.00. The molecule has 0 aliphatic carbocycles. The predicted octanol–water partition coefficient (Wildman–Crippen LogP) is 2.49. The van der Waals surface area contributed by atoms with Gasteiger partial charge in [0.1, 0.15) is 5.84 Å². The van der Waals surface area contributed by atoms with Crippen LogP contribution >= 0.6 is 25.3 Å². The van der Waals surface area contributed by atoms with E-state index in [0.717, 1.165) is 11.4 Å². The Morgan fingerprint density at radius 1 is 1.29 bits per heavy atom. The Morgan fingerprint density at radius 2 is 2.00 bits per heavy atom. The van der Waals surface area contributed by atoms with Crippen LogP contribution in [0.25, 0.3) is 0 Å². The minimum absolute atomic E-state index is 0.227. The van der Waals surface area contributed by atoms with E-state index in [-0.39, 0.29) is 5.50 Å². The van der Waals surface area contributed by atoms with Gasteiger partial charge in [-0.25, -0.2) is 9.98 Å². The molecule has 3 nitrogen and oxygen atoms in total. The summed E-state index contributed by atoms with van der Waals surface area (Å²) in [5, 5.41) is 0.471. The summed E-state index contributed by atoms with van der Waals surface area (Å²) in [7, 11) is 1.93. The minimum atomic E-state index is -0.227. The first-order valence-corrected chi connectivity index (χ1v) is 6.29. The zero-order valence-electron chi connectivity index (χ0n) is 10.0. The van der Waals surface area contributed by atoms with E-state index in [2.05, 4.69) is 67.3 Å². The number of benzene rings is 1. The molecule has 0 fully saturated rings. The number of aliphatic imine (C=N–C) groups is 2. The molecule has 0 spiro atoms. The van der Waals surface area contributed by atoms with Gasteiger partial charge in [0.2, 0.25) is 0 Å². The van der Waals surface area contributed by atoms with Gasteiger partial charge in [-0.05, 0) is 25.5 Å². The van der Waals surface area contributed by atoms with Crippen molar-refractivity contribution in [1.82, 2.24) is 4.90 Å². The Bertz CT molecular complexity index is 508. The lowest BCUT2D eigenvalue weighted by atomic mass is 10.0. The van der Waals surface area contributed by atoms with Gasteiger partial charge in [-0.2, -0.15) is 0 Å². The third kappa shape index (κ3) is 2.50. The van der Waals surface area contributed by atoms with E-state index in [1.54, 1.807) is 0 Å². The second kappa shape index (κ2) is 4.74. The third-order valence-corrected chi connectivity index (χ3v) is 3.43. The first-order chi connectivity index (χ1) is 7.99. The van der Waals surface area contributed by atoms with Crippen LogP contribution in [-0.2, 0) is 0 Å². The van der Waals surface area contributed by atoms with Crippen molar-refractivity contribution in [3.63, 3.8) is 0 Å². The van der Waals surface area contributed by atoms with Gasteiger partial charge in [-0.3, -0.25) is 0 Å². The van der Waals surface area contributed by atoms with Crippen LogP contribution in [0.5, 0.6) is 0 Å². The number of nitrogens with zero attached hydrogens (tertiary/aromatic N) is 3. The summed E-state index contributed by atoms with van der Waals surface area (Å²) >= 11 is 8.61. The van der Waals surface area contributed by atoms with Crippen LogP contribution in [0.15, 0.2) is 28.2 Å². The molecule has 17 heavy (non-hydrogen) atoms. The normalized spacial score (nSPS) is 20.1. The van der Waals surface area contributed by atoms with E-state index in [1.165, 1.54) is 11.1 Å². The lowest BCUT2D eigenvalue weighted by molar-refractivity contribution is 0.483. The maximum Gasteiger partial charge on any atom is 0.184 e. The average Bonchev–Trinajstić information content (AvgIpc) is 2.27. The Morgan fingerprint density at radius 3 is 2.71 bits per heavy atom. The van der Waals surface area contributed by atoms with Crippen LogP contribution < -0.4 is 0 Å². The SMILES string of the molecule is Cc1ccc(C)c(C2=NC(S)=N[C@H](S)N2C)c1. The van der Waals surface area contributed by atoms with Crippen LogP contribution in [0.2, 0.25) is 0 Å². The molecule has 1 aliphatic heterocycles. The van der Waals surface area contributed by atoms with Gasteiger partial charge >= 0.3 is 0 Å². The number of rotatable bonds is 1. The number of thiol groups is 2. The van der Waals surface area contributed by atoms with Gasteiger partial charge < -0.3 is 4.90 Å². The molecule has 0 N–H and O–H groups in total. The first-order valence-electron chi connectivity index (χ1n) is 5.33. The van der Waals surface area contributed by atoms with Crippen molar-refractivity contribution in [2.75, 3.05) is 7.05 Å². The van der Waals surface area contributed by atoms with Crippen molar-refractivity contribution < 1.29 is 0 Å². The van der Waals surface area contributed by atoms with Gasteiger partial charge in [-0.15, -0.1) is 25.3 Å². The fourth-order valence-electron chi connectivity index (χ4n) is 1.73.